The third-order valence-corrected chi connectivity index (χ3v) is 3.74. The van der Waals surface area contributed by atoms with Gasteiger partial charge in [-0.3, -0.25) is 0 Å². The summed E-state index contributed by atoms with van der Waals surface area (Å²) in [4.78, 5) is 0. The molecule has 5 nitrogen and oxygen atoms in total. The SMILES string of the molecule is Oc1ccc(-n2nnnc2SCC(Cl)=CCl)cc1. The average molecular weight is 303 g/mol. The Morgan fingerprint density at radius 3 is 2.78 bits per heavy atom. The predicted octanol–water partition coefficient (Wildman–Crippen LogP) is 2.78. The molecule has 2 rings (SSSR count). The number of phenolic OH excluding ortho intramolecular Hbond substituents is 1. The van der Waals surface area contributed by atoms with Crippen LogP contribution in [0, 0.1) is 0 Å². The van der Waals surface area contributed by atoms with Crippen molar-refractivity contribution in [3.8, 4) is 11.4 Å². The molecule has 0 atom stereocenters. The molecule has 94 valence electrons. The first kappa shape index (κ1) is 13.2. The van der Waals surface area contributed by atoms with Crippen LogP contribution in [0.3, 0.4) is 0 Å². The summed E-state index contributed by atoms with van der Waals surface area (Å²) in [5, 5.41) is 21.7. The maximum absolute atomic E-state index is 9.23. The van der Waals surface area contributed by atoms with Crippen molar-refractivity contribution in [3.63, 3.8) is 0 Å². The number of hydrogen-bond acceptors (Lipinski definition) is 5. The van der Waals surface area contributed by atoms with Gasteiger partial charge in [0.1, 0.15) is 5.75 Å². The monoisotopic (exact) mass is 302 g/mol. The molecule has 1 heterocycles. The van der Waals surface area contributed by atoms with Gasteiger partial charge in [-0.1, -0.05) is 35.0 Å². The highest BCUT2D eigenvalue weighted by Crippen LogP contribution is 2.22. The summed E-state index contributed by atoms with van der Waals surface area (Å²) in [6, 6.07) is 6.57. The van der Waals surface area contributed by atoms with Crippen LogP contribution in [0.25, 0.3) is 5.69 Å². The zero-order chi connectivity index (χ0) is 13.0. The minimum absolute atomic E-state index is 0.189. The van der Waals surface area contributed by atoms with Crippen LogP contribution in [-0.2, 0) is 0 Å². The number of rotatable bonds is 4. The summed E-state index contributed by atoms with van der Waals surface area (Å²) in [6.45, 7) is 0. The van der Waals surface area contributed by atoms with E-state index in [1.165, 1.54) is 17.3 Å². The zero-order valence-corrected chi connectivity index (χ0v) is 11.3. The van der Waals surface area contributed by atoms with Crippen LogP contribution in [0.4, 0.5) is 0 Å². The fourth-order valence-corrected chi connectivity index (χ4v) is 2.23. The van der Waals surface area contributed by atoms with E-state index in [2.05, 4.69) is 15.5 Å². The third kappa shape index (κ3) is 3.16. The van der Waals surface area contributed by atoms with Gasteiger partial charge in [-0.25, -0.2) is 0 Å². The molecule has 0 unspecified atom stereocenters. The normalized spacial score (nSPS) is 11.8. The number of aromatic nitrogens is 4. The quantitative estimate of drug-likeness (QED) is 0.880. The van der Waals surface area contributed by atoms with Crippen molar-refractivity contribution < 1.29 is 5.11 Å². The Bertz CT molecular complexity index is 555. The molecule has 0 radical (unpaired) electrons. The molecule has 0 fully saturated rings. The largest absolute Gasteiger partial charge is 0.508 e. The highest BCUT2D eigenvalue weighted by Gasteiger charge is 2.09. The number of hydrogen-bond donors (Lipinski definition) is 1. The van der Waals surface area contributed by atoms with Crippen molar-refractivity contribution >= 4 is 35.0 Å². The molecule has 18 heavy (non-hydrogen) atoms. The highest BCUT2D eigenvalue weighted by atomic mass is 35.5. The van der Waals surface area contributed by atoms with Crippen molar-refractivity contribution in [2.24, 2.45) is 0 Å². The number of phenols is 1. The van der Waals surface area contributed by atoms with Gasteiger partial charge in [0.15, 0.2) is 0 Å². The topological polar surface area (TPSA) is 63.8 Å². The average Bonchev–Trinajstić information content (AvgIpc) is 2.85. The van der Waals surface area contributed by atoms with Crippen molar-refractivity contribution in [2.45, 2.75) is 5.16 Å². The first-order valence-electron chi connectivity index (χ1n) is 4.86. The molecule has 0 bridgehead atoms. The maximum Gasteiger partial charge on any atom is 0.214 e. The molecule has 2 aromatic rings. The van der Waals surface area contributed by atoms with Gasteiger partial charge in [-0.05, 0) is 34.7 Å². The van der Waals surface area contributed by atoms with Gasteiger partial charge < -0.3 is 5.11 Å². The lowest BCUT2D eigenvalue weighted by Crippen LogP contribution is -1.98. The summed E-state index contributed by atoms with van der Waals surface area (Å²) >= 11 is 12.6. The molecule has 0 spiro atoms. The van der Waals surface area contributed by atoms with Crippen molar-refractivity contribution in [2.75, 3.05) is 5.75 Å². The number of nitrogens with zero attached hydrogens (tertiary/aromatic N) is 4. The number of thioether (sulfide) groups is 1. The minimum Gasteiger partial charge on any atom is -0.508 e. The van der Waals surface area contributed by atoms with Crippen LogP contribution in [0.1, 0.15) is 0 Å². The van der Waals surface area contributed by atoms with Crippen LogP contribution in [0.15, 0.2) is 40.0 Å². The third-order valence-electron chi connectivity index (χ3n) is 1.99. The number of halogens is 2. The van der Waals surface area contributed by atoms with Gasteiger partial charge in [-0.2, -0.15) is 4.68 Å². The highest BCUT2D eigenvalue weighted by molar-refractivity contribution is 7.99. The molecule has 1 aromatic carbocycles. The fraction of sp³-hybridized carbons (Fsp3) is 0.100. The fourth-order valence-electron chi connectivity index (χ4n) is 1.19. The van der Waals surface area contributed by atoms with Crippen molar-refractivity contribution in [3.05, 3.63) is 34.8 Å². The molecule has 0 aliphatic heterocycles. The van der Waals surface area contributed by atoms with Crippen LogP contribution in [0.5, 0.6) is 5.75 Å². The lowest BCUT2D eigenvalue weighted by molar-refractivity contribution is 0.475. The van der Waals surface area contributed by atoms with Gasteiger partial charge in [-0.15, -0.1) is 5.10 Å². The molecule has 8 heteroatoms. The molecule has 0 saturated carbocycles. The molecule has 0 amide bonds. The predicted molar refractivity (Wildman–Crippen MR) is 71.3 cm³/mol. The Hall–Kier alpha value is -1.24. The van der Waals surface area contributed by atoms with Gasteiger partial charge >= 0.3 is 0 Å². The van der Waals surface area contributed by atoms with E-state index in [0.717, 1.165) is 5.69 Å². The minimum atomic E-state index is 0.189. The first-order chi connectivity index (χ1) is 8.70. The van der Waals surface area contributed by atoms with Crippen molar-refractivity contribution in [1.29, 1.82) is 0 Å². The Morgan fingerprint density at radius 2 is 2.11 bits per heavy atom. The summed E-state index contributed by atoms with van der Waals surface area (Å²) in [7, 11) is 0. The lowest BCUT2D eigenvalue weighted by atomic mass is 10.3. The molecule has 0 aliphatic carbocycles. The van der Waals surface area contributed by atoms with E-state index in [0.29, 0.717) is 15.9 Å². The molecule has 1 aromatic heterocycles. The molecule has 0 aliphatic rings. The second kappa shape index (κ2) is 6.08. The van der Waals surface area contributed by atoms with Crippen LogP contribution in [0.2, 0.25) is 0 Å². The zero-order valence-electron chi connectivity index (χ0n) is 8.99. The van der Waals surface area contributed by atoms with Gasteiger partial charge in [0.25, 0.3) is 0 Å². The van der Waals surface area contributed by atoms with E-state index in [9.17, 15) is 5.11 Å². The number of aromatic hydroxyl groups is 1. The Morgan fingerprint density at radius 1 is 1.39 bits per heavy atom. The summed E-state index contributed by atoms with van der Waals surface area (Å²) in [5.41, 5.74) is 2.06. The molecular weight excluding hydrogens is 295 g/mol. The Kier molecular flexibility index (Phi) is 4.46. The second-order valence-electron chi connectivity index (χ2n) is 3.23. The van der Waals surface area contributed by atoms with E-state index >= 15 is 0 Å². The summed E-state index contributed by atoms with van der Waals surface area (Å²) in [6.07, 6.45) is 0. The maximum atomic E-state index is 9.23. The van der Waals surface area contributed by atoms with Gasteiger partial charge in [0.2, 0.25) is 5.16 Å². The van der Waals surface area contributed by atoms with Gasteiger partial charge in [0, 0.05) is 16.3 Å². The second-order valence-corrected chi connectivity index (χ2v) is 4.88. The van der Waals surface area contributed by atoms with E-state index in [1.807, 2.05) is 0 Å². The van der Waals surface area contributed by atoms with Crippen molar-refractivity contribution in [1.82, 2.24) is 20.2 Å². The first-order valence-corrected chi connectivity index (χ1v) is 6.66. The van der Waals surface area contributed by atoms with E-state index in [4.69, 9.17) is 23.2 Å². The Labute approximate surface area is 117 Å². The van der Waals surface area contributed by atoms with Crippen LogP contribution in [-0.4, -0.2) is 31.1 Å². The standard InChI is InChI=1S/C10H8Cl2N4OS/c11-5-7(12)6-18-10-13-14-15-16(10)8-1-3-9(17)4-2-8/h1-5,17H,6H2. The van der Waals surface area contributed by atoms with E-state index < -0.39 is 0 Å². The van der Waals surface area contributed by atoms with Gasteiger partial charge in [0.05, 0.1) is 5.69 Å². The van der Waals surface area contributed by atoms with Crippen LogP contribution >= 0.6 is 35.0 Å². The number of tetrazole rings is 1. The molecule has 0 saturated heterocycles. The summed E-state index contributed by atoms with van der Waals surface area (Å²) < 4.78 is 1.56. The van der Waals surface area contributed by atoms with Crippen LogP contribution < -0.4 is 0 Å². The Balaban J connectivity index is 2.19. The molecular formula is C10H8Cl2N4OS. The lowest BCUT2D eigenvalue weighted by Gasteiger charge is -2.03. The molecule has 1 N–H and O–H groups in total. The van der Waals surface area contributed by atoms with E-state index in [1.54, 1.807) is 28.9 Å². The summed E-state index contributed by atoms with van der Waals surface area (Å²) in [5.74, 6) is 0.679. The van der Waals surface area contributed by atoms with E-state index in [-0.39, 0.29) is 5.75 Å². The number of benzene rings is 1. The smallest absolute Gasteiger partial charge is 0.214 e.